The van der Waals surface area contributed by atoms with E-state index in [-0.39, 0.29) is 5.70 Å². The first-order valence-electron chi connectivity index (χ1n) is 3.82. The number of rotatable bonds is 2. The molecule has 5 heteroatoms. The van der Waals surface area contributed by atoms with E-state index in [0.717, 1.165) is 12.1 Å². The standard InChI is InChI=1S/C9H8FNO3/c1-6(11(13)14)4-7-2-3-9(12)8(10)5-7/h2-5,12H,1H3/b6-4+. The van der Waals surface area contributed by atoms with Crippen molar-refractivity contribution >= 4 is 6.08 Å². The van der Waals surface area contributed by atoms with E-state index in [1.807, 2.05) is 0 Å². The number of halogens is 1. The summed E-state index contributed by atoms with van der Waals surface area (Å²) in [4.78, 5) is 9.68. The summed E-state index contributed by atoms with van der Waals surface area (Å²) >= 11 is 0. The van der Waals surface area contributed by atoms with Crippen LogP contribution in [0.25, 0.3) is 6.08 Å². The van der Waals surface area contributed by atoms with Crippen molar-refractivity contribution in [2.45, 2.75) is 6.92 Å². The van der Waals surface area contributed by atoms with Gasteiger partial charge in [-0.25, -0.2) is 4.39 Å². The van der Waals surface area contributed by atoms with Crippen molar-refractivity contribution in [2.75, 3.05) is 0 Å². The predicted octanol–water partition coefficient (Wildman–Crippen LogP) is 2.17. The van der Waals surface area contributed by atoms with Crippen LogP contribution in [0.5, 0.6) is 5.75 Å². The van der Waals surface area contributed by atoms with Gasteiger partial charge in [0.2, 0.25) is 5.70 Å². The van der Waals surface area contributed by atoms with E-state index in [1.165, 1.54) is 19.1 Å². The molecule has 14 heavy (non-hydrogen) atoms. The third kappa shape index (κ3) is 2.29. The maximum Gasteiger partial charge on any atom is 0.243 e. The molecule has 0 fully saturated rings. The first kappa shape index (κ1) is 10.2. The number of phenolic OH excluding ortho intramolecular Hbond substituents is 1. The summed E-state index contributed by atoms with van der Waals surface area (Å²) in [5.41, 5.74) is 0.254. The number of benzene rings is 1. The Hall–Kier alpha value is -1.91. The number of aromatic hydroxyl groups is 1. The molecule has 0 aliphatic carbocycles. The topological polar surface area (TPSA) is 63.4 Å². The van der Waals surface area contributed by atoms with Crippen molar-refractivity contribution in [1.82, 2.24) is 0 Å². The molecule has 0 spiro atoms. The van der Waals surface area contributed by atoms with E-state index < -0.39 is 16.5 Å². The first-order valence-corrected chi connectivity index (χ1v) is 3.82. The lowest BCUT2D eigenvalue weighted by Crippen LogP contribution is -1.93. The lowest BCUT2D eigenvalue weighted by atomic mass is 10.2. The van der Waals surface area contributed by atoms with Crippen molar-refractivity contribution in [3.63, 3.8) is 0 Å². The van der Waals surface area contributed by atoms with E-state index in [1.54, 1.807) is 0 Å². The fourth-order valence-electron chi connectivity index (χ4n) is 0.907. The molecule has 0 unspecified atom stereocenters. The third-order valence-electron chi connectivity index (χ3n) is 1.64. The van der Waals surface area contributed by atoms with Crippen LogP contribution >= 0.6 is 0 Å². The Kier molecular flexibility index (Phi) is 2.81. The molecule has 1 aromatic rings. The number of allylic oxidation sites excluding steroid dienone is 1. The van der Waals surface area contributed by atoms with Gasteiger partial charge in [0.15, 0.2) is 11.6 Å². The highest BCUT2D eigenvalue weighted by molar-refractivity contribution is 5.52. The van der Waals surface area contributed by atoms with E-state index in [2.05, 4.69) is 0 Å². The van der Waals surface area contributed by atoms with Crippen molar-refractivity contribution in [3.05, 3.63) is 45.4 Å². The molecule has 0 bridgehead atoms. The number of phenols is 1. The van der Waals surface area contributed by atoms with Gasteiger partial charge in [0, 0.05) is 13.0 Å². The minimum absolute atomic E-state index is 0.0879. The number of nitrogens with zero attached hydrogens (tertiary/aromatic N) is 1. The molecule has 0 aliphatic rings. The molecule has 0 heterocycles. The van der Waals surface area contributed by atoms with Crippen molar-refractivity contribution < 1.29 is 14.4 Å². The Morgan fingerprint density at radius 1 is 1.64 bits per heavy atom. The Morgan fingerprint density at radius 2 is 2.29 bits per heavy atom. The highest BCUT2D eigenvalue weighted by atomic mass is 19.1. The van der Waals surface area contributed by atoms with Gasteiger partial charge in [0.05, 0.1) is 4.92 Å². The average molecular weight is 197 g/mol. The summed E-state index contributed by atoms with van der Waals surface area (Å²) in [5.74, 6) is -1.27. The van der Waals surface area contributed by atoms with Crippen molar-refractivity contribution in [3.8, 4) is 5.75 Å². The van der Waals surface area contributed by atoms with Crippen LogP contribution in [-0.4, -0.2) is 10.0 Å². The SMILES string of the molecule is C/C(=C\c1ccc(O)c(F)c1)[N+](=O)[O-]. The lowest BCUT2D eigenvalue weighted by Gasteiger charge is -1.96. The molecule has 1 N–H and O–H groups in total. The minimum Gasteiger partial charge on any atom is -0.505 e. The normalized spacial score (nSPS) is 11.4. The van der Waals surface area contributed by atoms with Gasteiger partial charge >= 0.3 is 0 Å². The molecule has 0 atom stereocenters. The van der Waals surface area contributed by atoms with Gasteiger partial charge in [0.1, 0.15) is 0 Å². The highest BCUT2D eigenvalue weighted by Gasteiger charge is 2.04. The molecule has 0 radical (unpaired) electrons. The molecule has 74 valence electrons. The fraction of sp³-hybridized carbons (Fsp3) is 0.111. The minimum atomic E-state index is -0.796. The molecular weight excluding hydrogens is 189 g/mol. The van der Waals surface area contributed by atoms with Crippen LogP contribution < -0.4 is 0 Å². The Bertz CT molecular complexity index is 401. The molecule has 1 aromatic carbocycles. The number of nitro groups is 1. The van der Waals surface area contributed by atoms with Crippen LogP contribution in [0.3, 0.4) is 0 Å². The molecule has 0 saturated heterocycles. The summed E-state index contributed by atoms with van der Waals surface area (Å²) in [6.07, 6.45) is 1.22. The Labute approximate surface area is 79.4 Å². The second-order valence-electron chi connectivity index (χ2n) is 2.75. The molecule has 1 rings (SSSR count). The summed E-state index contributed by atoms with van der Waals surface area (Å²) in [6, 6.07) is 3.57. The van der Waals surface area contributed by atoms with Gasteiger partial charge < -0.3 is 5.11 Å². The van der Waals surface area contributed by atoms with Crippen LogP contribution in [0.2, 0.25) is 0 Å². The molecular formula is C9H8FNO3. The van der Waals surface area contributed by atoms with Crippen LogP contribution in [0.4, 0.5) is 4.39 Å². The predicted molar refractivity (Wildman–Crippen MR) is 48.7 cm³/mol. The zero-order chi connectivity index (χ0) is 10.7. The second kappa shape index (κ2) is 3.87. The quantitative estimate of drug-likeness (QED) is 0.583. The molecule has 0 saturated carbocycles. The van der Waals surface area contributed by atoms with Gasteiger partial charge in [-0.15, -0.1) is 0 Å². The van der Waals surface area contributed by atoms with E-state index in [4.69, 9.17) is 5.11 Å². The summed E-state index contributed by atoms with van der Waals surface area (Å²) in [5, 5.41) is 19.1. The van der Waals surface area contributed by atoms with Gasteiger partial charge in [-0.1, -0.05) is 6.07 Å². The van der Waals surface area contributed by atoms with Crippen LogP contribution in [-0.2, 0) is 0 Å². The zero-order valence-corrected chi connectivity index (χ0v) is 7.40. The Morgan fingerprint density at radius 3 is 2.79 bits per heavy atom. The monoisotopic (exact) mass is 197 g/mol. The second-order valence-corrected chi connectivity index (χ2v) is 2.75. The molecule has 0 aliphatic heterocycles. The molecule has 4 nitrogen and oxygen atoms in total. The molecule has 0 amide bonds. The van der Waals surface area contributed by atoms with Gasteiger partial charge in [-0.05, 0) is 17.7 Å². The summed E-state index contributed by atoms with van der Waals surface area (Å²) in [6.45, 7) is 1.31. The Balaban J connectivity index is 3.04. The highest BCUT2D eigenvalue weighted by Crippen LogP contribution is 2.17. The zero-order valence-electron chi connectivity index (χ0n) is 7.40. The van der Waals surface area contributed by atoms with Crippen LogP contribution in [0, 0.1) is 15.9 Å². The largest absolute Gasteiger partial charge is 0.505 e. The van der Waals surface area contributed by atoms with Crippen molar-refractivity contribution in [1.29, 1.82) is 0 Å². The number of hydrogen-bond acceptors (Lipinski definition) is 3. The summed E-state index contributed by atoms with van der Waals surface area (Å²) in [7, 11) is 0. The number of hydrogen-bond donors (Lipinski definition) is 1. The summed E-state index contributed by atoms with van der Waals surface area (Å²) < 4.78 is 12.8. The average Bonchev–Trinajstić information content (AvgIpc) is 2.11. The van der Waals surface area contributed by atoms with Gasteiger partial charge in [-0.2, -0.15) is 0 Å². The third-order valence-corrected chi connectivity index (χ3v) is 1.64. The van der Waals surface area contributed by atoms with Gasteiger partial charge in [0.25, 0.3) is 0 Å². The lowest BCUT2D eigenvalue weighted by molar-refractivity contribution is -0.422. The van der Waals surface area contributed by atoms with Gasteiger partial charge in [-0.3, -0.25) is 10.1 Å². The fourth-order valence-corrected chi connectivity index (χ4v) is 0.907. The first-order chi connectivity index (χ1) is 6.50. The van der Waals surface area contributed by atoms with Crippen LogP contribution in [0.15, 0.2) is 23.9 Å². The van der Waals surface area contributed by atoms with E-state index in [0.29, 0.717) is 5.56 Å². The van der Waals surface area contributed by atoms with Crippen molar-refractivity contribution in [2.24, 2.45) is 0 Å². The smallest absolute Gasteiger partial charge is 0.243 e. The molecule has 0 aromatic heterocycles. The maximum absolute atomic E-state index is 12.8. The maximum atomic E-state index is 12.8. The van der Waals surface area contributed by atoms with Crippen LogP contribution in [0.1, 0.15) is 12.5 Å². The van der Waals surface area contributed by atoms with E-state index in [9.17, 15) is 14.5 Å². The van der Waals surface area contributed by atoms with E-state index >= 15 is 0 Å².